The first-order chi connectivity index (χ1) is 13.9. The third kappa shape index (κ3) is 5.25. The van der Waals surface area contributed by atoms with Crippen LogP contribution in [0.3, 0.4) is 0 Å². The molecule has 5 nitrogen and oxygen atoms in total. The maximum Gasteiger partial charge on any atom is 0.307 e. The van der Waals surface area contributed by atoms with E-state index in [0.717, 1.165) is 10.8 Å². The van der Waals surface area contributed by atoms with E-state index in [-0.39, 0.29) is 18.6 Å². The first-order valence-electron chi connectivity index (χ1n) is 9.21. The zero-order valence-electron chi connectivity index (χ0n) is 15.9. The third-order valence-electron chi connectivity index (χ3n) is 4.45. The topological polar surface area (TPSA) is 72.5 Å². The Bertz CT molecular complexity index is 1040. The average molecular weight is 393 g/mol. The lowest BCUT2D eigenvalue weighted by molar-refractivity contribution is -0.153. The number of ketones is 1. The molecular weight excluding hydrogens is 373 g/mol. The number of hydrogen-bond donors (Lipinski definition) is 1. The minimum absolute atomic E-state index is 0.0812. The Kier molecular flexibility index (Phi) is 6.34. The van der Waals surface area contributed by atoms with Crippen molar-refractivity contribution in [2.45, 2.75) is 25.9 Å². The molecule has 0 unspecified atom stereocenters. The number of fused-ring (bicyclic) bond motifs is 1. The van der Waals surface area contributed by atoms with Crippen molar-refractivity contribution < 1.29 is 23.5 Å². The van der Waals surface area contributed by atoms with Crippen molar-refractivity contribution in [1.82, 2.24) is 0 Å². The molecule has 0 heterocycles. The van der Waals surface area contributed by atoms with Crippen molar-refractivity contribution in [2.75, 3.05) is 5.32 Å². The third-order valence-corrected chi connectivity index (χ3v) is 4.45. The molecule has 0 aliphatic heterocycles. The summed E-state index contributed by atoms with van der Waals surface area (Å²) in [7, 11) is 0. The number of nitrogens with one attached hydrogen (secondary N) is 1. The highest BCUT2D eigenvalue weighted by Gasteiger charge is 2.19. The van der Waals surface area contributed by atoms with Gasteiger partial charge in [-0.05, 0) is 42.6 Å². The van der Waals surface area contributed by atoms with Gasteiger partial charge in [-0.2, -0.15) is 0 Å². The van der Waals surface area contributed by atoms with Gasteiger partial charge in [-0.3, -0.25) is 14.4 Å². The molecule has 0 spiro atoms. The van der Waals surface area contributed by atoms with Gasteiger partial charge in [-0.15, -0.1) is 0 Å². The van der Waals surface area contributed by atoms with Crippen LogP contribution in [0.4, 0.5) is 10.1 Å². The molecule has 0 bridgehead atoms. The van der Waals surface area contributed by atoms with Crippen LogP contribution in [0.1, 0.15) is 30.1 Å². The molecule has 6 heteroatoms. The molecule has 0 radical (unpaired) electrons. The van der Waals surface area contributed by atoms with E-state index < -0.39 is 23.8 Å². The lowest BCUT2D eigenvalue weighted by atomic mass is 10.1. The Hall–Kier alpha value is -3.54. The van der Waals surface area contributed by atoms with Gasteiger partial charge in [-0.1, -0.05) is 36.4 Å². The Labute approximate surface area is 167 Å². The van der Waals surface area contributed by atoms with Crippen molar-refractivity contribution in [3.8, 4) is 0 Å². The highest BCUT2D eigenvalue weighted by atomic mass is 19.1. The standard InChI is InChI=1S/C23H20FNO4/c1-15(23(28)25-20-8-4-6-16-5-2-3-7-19(16)20)29-22(27)14-13-21(26)17-9-11-18(24)12-10-17/h2-12,15H,13-14H2,1H3,(H,25,28)/t15-/m1/s1. The van der Waals surface area contributed by atoms with Crippen molar-refractivity contribution in [1.29, 1.82) is 0 Å². The van der Waals surface area contributed by atoms with Crippen LogP contribution in [0.2, 0.25) is 0 Å². The number of benzene rings is 3. The quantitative estimate of drug-likeness (QED) is 0.473. The summed E-state index contributed by atoms with van der Waals surface area (Å²) in [4.78, 5) is 36.4. The molecule has 0 saturated carbocycles. The monoisotopic (exact) mass is 393 g/mol. The summed E-state index contributed by atoms with van der Waals surface area (Å²) in [6, 6.07) is 18.3. The molecule has 3 aromatic rings. The van der Waals surface area contributed by atoms with E-state index >= 15 is 0 Å². The molecule has 1 atom stereocenters. The van der Waals surface area contributed by atoms with E-state index in [1.54, 1.807) is 6.07 Å². The molecule has 1 N–H and O–H groups in total. The number of esters is 1. The number of halogens is 1. The number of hydrogen-bond acceptors (Lipinski definition) is 4. The Morgan fingerprint density at radius 1 is 0.931 bits per heavy atom. The zero-order chi connectivity index (χ0) is 20.8. The molecule has 3 rings (SSSR count). The van der Waals surface area contributed by atoms with E-state index in [1.165, 1.54) is 31.2 Å². The van der Waals surface area contributed by atoms with Gasteiger partial charge < -0.3 is 10.1 Å². The number of amides is 1. The van der Waals surface area contributed by atoms with Crippen LogP contribution in [0.15, 0.2) is 66.7 Å². The van der Waals surface area contributed by atoms with E-state index in [9.17, 15) is 18.8 Å². The molecule has 0 aromatic heterocycles. The van der Waals surface area contributed by atoms with Crippen LogP contribution in [0.5, 0.6) is 0 Å². The van der Waals surface area contributed by atoms with Gasteiger partial charge in [-0.25, -0.2) is 4.39 Å². The van der Waals surface area contributed by atoms with Gasteiger partial charge >= 0.3 is 5.97 Å². The number of Topliss-reactive ketones (excluding diaryl/α,β-unsaturated/α-hetero) is 1. The van der Waals surface area contributed by atoms with Gasteiger partial charge in [0.25, 0.3) is 5.91 Å². The van der Waals surface area contributed by atoms with Crippen molar-refractivity contribution in [3.05, 3.63) is 78.1 Å². The van der Waals surface area contributed by atoms with Gasteiger partial charge in [0, 0.05) is 23.1 Å². The Morgan fingerprint density at radius 3 is 2.38 bits per heavy atom. The second-order valence-corrected chi connectivity index (χ2v) is 6.58. The molecule has 0 aliphatic carbocycles. The van der Waals surface area contributed by atoms with Gasteiger partial charge in [0.1, 0.15) is 5.82 Å². The largest absolute Gasteiger partial charge is 0.453 e. The predicted molar refractivity (Wildman–Crippen MR) is 108 cm³/mol. The minimum Gasteiger partial charge on any atom is -0.453 e. The second kappa shape index (κ2) is 9.10. The number of carbonyl (C=O) groups excluding carboxylic acids is 3. The first kappa shape index (κ1) is 20.2. The maximum atomic E-state index is 12.9. The van der Waals surface area contributed by atoms with Crippen molar-refractivity contribution >= 4 is 34.1 Å². The van der Waals surface area contributed by atoms with Crippen LogP contribution in [0.25, 0.3) is 10.8 Å². The minimum atomic E-state index is -1.01. The normalized spacial score (nSPS) is 11.7. The number of ether oxygens (including phenoxy) is 1. The predicted octanol–water partition coefficient (Wildman–Crippen LogP) is 4.51. The fourth-order valence-electron chi connectivity index (χ4n) is 2.87. The summed E-state index contributed by atoms with van der Waals surface area (Å²) in [6.07, 6.45) is -1.26. The Morgan fingerprint density at radius 2 is 1.62 bits per heavy atom. The highest BCUT2D eigenvalue weighted by molar-refractivity contribution is 6.04. The number of anilines is 1. The summed E-state index contributed by atoms with van der Waals surface area (Å²) < 4.78 is 18.0. The zero-order valence-corrected chi connectivity index (χ0v) is 15.9. The summed E-state index contributed by atoms with van der Waals surface area (Å²) in [5, 5.41) is 4.63. The van der Waals surface area contributed by atoms with Crippen LogP contribution < -0.4 is 5.32 Å². The second-order valence-electron chi connectivity index (χ2n) is 6.58. The first-order valence-corrected chi connectivity index (χ1v) is 9.21. The van der Waals surface area contributed by atoms with Gasteiger partial charge in [0.2, 0.25) is 0 Å². The fraction of sp³-hybridized carbons (Fsp3) is 0.174. The highest BCUT2D eigenvalue weighted by Crippen LogP contribution is 2.23. The van der Waals surface area contributed by atoms with Crippen molar-refractivity contribution in [2.24, 2.45) is 0 Å². The lowest BCUT2D eigenvalue weighted by Crippen LogP contribution is -2.30. The van der Waals surface area contributed by atoms with Crippen LogP contribution in [-0.2, 0) is 14.3 Å². The van der Waals surface area contributed by atoms with Crippen LogP contribution >= 0.6 is 0 Å². The molecule has 0 aliphatic rings. The Balaban J connectivity index is 1.53. The lowest BCUT2D eigenvalue weighted by Gasteiger charge is -2.14. The number of carbonyl (C=O) groups is 3. The smallest absolute Gasteiger partial charge is 0.307 e. The van der Waals surface area contributed by atoms with E-state index in [4.69, 9.17) is 4.74 Å². The molecule has 0 saturated heterocycles. The SMILES string of the molecule is C[C@@H](OC(=O)CCC(=O)c1ccc(F)cc1)C(=O)Nc1cccc2ccccc12. The molecule has 1 amide bonds. The van der Waals surface area contributed by atoms with E-state index in [2.05, 4.69) is 5.32 Å². The van der Waals surface area contributed by atoms with Crippen LogP contribution in [0, 0.1) is 5.82 Å². The summed E-state index contributed by atoms with van der Waals surface area (Å²) in [5.41, 5.74) is 0.948. The van der Waals surface area contributed by atoms with E-state index in [1.807, 2.05) is 36.4 Å². The average Bonchev–Trinajstić information content (AvgIpc) is 2.72. The number of rotatable bonds is 7. The maximum absolute atomic E-state index is 12.9. The van der Waals surface area contributed by atoms with Crippen molar-refractivity contribution in [3.63, 3.8) is 0 Å². The fourth-order valence-corrected chi connectivity index (χ4v) is 2.87. The molecule has 29 heavy (non-hydrogen) atoms. The summed E-state index contributed by atoms with van der Waals surface area (Å²) >= 11 is 0. The van der Waals surface area contributed by atoms with Gasteiger partial charge in [0.05, 0.1) is 6.42 Å². The summed E-state index contributed by atoms with van der Waals surface area (Å²) in [5.74, 6) is -1.85. The summed E-state index contributed by atoms with van der Waals surface area (Å²) in [6.45, 7) is 1.47. The van der Waals surface area contributed by atoms with Crippen LogP contribution in [-0.4, -0.2) is 23.8 Å². The molecule has 0 fully saturated rings. The van der Waals surface area contributed by atoms with Gasteiger partial charge in [0.15, 0.2) is 11.9 Å². The molecule has 3 aromatic carbocycles. The van der Waals surface area contributed by atoms with E-state index in [0.29, 0.717) is 11.3 Å². The molecule has 148 valence electrons. The molecular formula is C23H20FNO4.